The molecule has 0 saturated heterocycles. The van der Waals surface area contributed by atoms with Crippen LogP contribution >= 0.6 is 22.9 Å². The zero-order valence-electron chi connectivity index (χ0n) is 10.4. The van der Waals surface area contributed by atoms with Crippen LogP contribution in [0.4, 0.5) is 19.0 Å². The molecule has 0 aliphatic carbocycles. The van der Waals surface area contributed by atoms with E-state index in [4.69, 9.17) is 16.9 Å². The number of aromatic nitrogens is 2. The van der Waals surface area contributed by atoms with Crippen molar-refractivity contribution in [3.63, 3.8) is 0 Å². The van der Waals surface area contributed by atoms with Crippen molar-refractivity contribution in [3.8, 4) is 6.07 Å². The molecule has 1 N–H and O–H groups in total. The highest BCUT2D eigenvalue weighted by Gasteiger charge is 2.47. The van der Waals surface area contributed by atoms with E-state index in [9.17, 15) is 13.2 Å². The third-order valence-electron chi connectivity index (χ3n) is 3.30. The van der Waals surface area contributed by atoms with E-state index in [1.807, 2.05) is 6.07 Å². The summed E-state index contributed by atoms with van der Waals surface area (Å²) >= 11 is 7.06. The van der Waals surface area contributed by atoms with Crippen LogP contribution in [-0.4, -0.2) is 16.0 Å². The first-order chi connectivity index (χ1) is 9.90. The van der Waals surface area contributed by atoms with Crippen LogP contribution in [0.25, 0.3) is 0 Å². The van der Waals surface area contributed by atoms with Gasteiger partial charge in [-0.05, 0) is 12.1 Å². The highest BCUT2D eigenvalue weighted by Crippen LogP contribution is 2.45. The Hall–Kier alpha value is -1.72. The zero-order chi connectivity index (χ0) is 15.2. The van der Waals surface area contributed by atoms with Crippen LogP contribution < -0.4 is 5.32 Å². The molecule has 0 fully saturated rings. The largest absolute Gasteiger partial charge is 0.410 e. The Labute approximate surface area is 126 Å². The standard InChI is InChI=1S/C12H8ClF3N4S/c13-10-2-1-8(21-10)7-3-9(12(14,15)16)20-11(19-7)6(4-17)5-18-20/h1-2,5,7,9,19H,3H2/t7-,9+/m1/s1. The fraction of sp³-hybridized carbons (Fsp3) is 0.333. The Kier molecular flexibility index (Phi) is 3.34. The number of hydrogen-bond acceptors (Lipinski definition) is 4. The molecule has 9 heteroatoms. The molecule has 1 aliphatic rings. The molecule has 3 heterocycles. The molecule has 0 unspecified atom stereocenters. The first kappa shape index (κ1) is 14.2. The summed E-state index contributed by atoms with van der Waals surface area (Å²) < 4.78 is 41.0. The van der Waals surface area contributed by atoms with Crippen molar-refractivity contribution < 1.29 is 13.2 Å². The van der Waals surface area contributed by atoms with Gasteiger partial charge in [0.25, 0.3) is 0 Å². The van der Waals surface area contributed by atoms with Gasteiger partial charge in [-0.15, -0.1) is 11.3 Å². The smallest absolute Gasteiger partial charge is 0.361 e. The van der Waals surface area contributed by atoms with Crippen LogP contribution in [0.15, 0.2) is 18.3 Å². The van der Waals surface area contributed by atoms with E-state index in [0.717, 1.165) is 10.9 Å². The van der Waals surface area contributed by atoms with Crippen molar-refractivity contribution in [2.24, 2.45) is 0 Å². The Morgan fingerprint density at radius 3 is 2.81 bits per heavy atom. The first-order valence-corrected chi connectivity index (χ1v) is 7.15. The molecule has 110 valence electrons. The van der Waals surface area contributed by atoms with Crippen LogP contribution in [0, 0.1) is 11.3 Å². The van der Waals surface area contributed by atoms with Gasteiger partial charge in [0, 0.05) is 11.3 Å². The van der Waals surface area contributed by atoms with Gasteiger partial charge in [-0.25, -0.2) is 4.68 Å². The number of nitrogens with zero attached hydrogens (tertiary/aromatic N) is 3. The van der Waals surface area contributed by atoms with E-state index >= 15 is 0 Å². The SMILES string of the molecule is N#Cc1cnn2c1N[C@@H](c1ccc(Cl)s1)C[C@H]2C(F)(F)F. The first-order valence-electron chi connectivity index (χ1n) is 5.96. The molecule has 0 radical (unpaired) electrons. The third-order valence-corrected chi connectivity index (χ3v) is 4.64. The van der Waals surface area contributed by atoms with E-state index in [-0.39, 0.29) is 17.8 Å². The number of halogens is 4. The number of hydrogen-bond donors (Lipinski definition) is 1. The van der Waals surface area contributed by atoms with Crippen molar-refractivity contribution in [1.29, 1.82) is 5.26 Å². The van der Waals surface area contributed by atoms with Crippen molar-refractivity contribution in [1.82, 2.24) is 9.78 Å². The molecule has 3 rings (SSSR count). The molecular weight excluding hydrogens is 325 g/mol. The lowest BCUT2D eigenvalue weighted by atomic mass is 10.0. The van der Waals surface area contributed by atoms with Gasteiger partial charge in [0.1, 0.15) is 17.5 Å². The van der Waals surface area contributed by atoms with Crippen molar-refractivity contribution in [2.75, 3.05) is 5.32 Å². The van der Waals surface area contributed by atoms with Crippen LogP contribution in [-0.2, 0) is 0 Å². The van der Waals surface area contributed by atoms with Gasteiger partial charge in [-0.1, -0.05) is 11.6 Å². The maximum atomic E-state index is 13.2. The second-order valence-corrected chi connectivity index (χ2v) is 6.34. The minimum atomic E-state index is -4.44. The van der Waals surface area contributed by atoms with E-state index in [0.29, 0.717) is 9.21 Å². The Balaban J connectivity index is 2.05. The van der Waals surface area contributed by atoms with Crippen LogP contribution in [0.1, 0.15) is 28.9 Å². The summed E-state index contributed by atoms with van der Waals surface area (Å²) in [6, 6.07) is 2.87. The maximum Gasteiger partial charge on any atom is 0.410 e. The molecule has 4 nitrogen and oxygen atoms in total. The second-order valence-electron chi connectivity index (χ2n) is 4.60. The number of nitriles is 1. The molecule has 2 aromatic rings. The van der Waals surface area contributed by atoms with Crippen LogP contribution in [0.3, 0.4) is 0 Å². The molecule has 0 aromatic carbocycles. The number of fused-ring (bicyclic) bond motifs is 1. The highest BCUT2D eigenvalue weighted by atomic mass is 35.5. The predicted octanol–water partition coefficient (Wildman–Crippen LogP) is 4.13. The lowest BCUT2D eigenvalue weighted by molar-refractivity contribution is -0.173. The molecule has 0 spiro atoms. The Morgan fingerprint density at radius 2 is 2.24 bits per heavy atom. The summed E-state index contributed by atoms with van der Waals surface area (Å²) in [6.07, 6.45) is -3.49. The number of anilines is 1. The fourth-order valence-corrected chi connectivity index (χ4v) is 3.47. The number of thiophene rings is 1. The summed E-state index contributed by atoms with van der Waals surface area (Å²) in [5.74, 6) is 0.0978. The average Bonchev–Trinajstić information content (AvgIpc) is 3.02. The average molecular weight is 333 g/mol. The summed E-state index contributed by atoms with van der Waals surface area (Å²) in [6.45, 7) is 0. The van der Waals surface area contributed by atoms with Crippen molar-refractivity contribution >= 4 is 28.8 Å². The summed E-state index contributed by atoms with van der Waals surface area (Å²) in [7, 11) is 0. The number of rotatable bonds is 1. The minimum Gasteiger partial charge on any atom is -0.361 e. The van der Waals surface area contributed by atoms with Crippen LogP contribution in [0.2, 0.25) is 4.34 Å². The fourth-order valence-electron chi connectivity index (χ4n) is 2.35. The van der Waals surface area contributed by atoms with E-state index < -0.39 is 18.3 Å². The quantitative estimate of drug-likeness (QED) is 0.854. The lowest BCUT2D eigenvalue weighted by Crippen LogP contribution is -2.35. The molecular formula is C12H8ClF3N4S. The van der Waals surface area contributed by atoms with E-state index in [1.165, 1.54) is 11.3 Å². The second kappa shape index (κ2) is 4.93. The molecule has 0 amide bonds. The van der Waals surface area contributed by atoms with E-state index in [1.54, 1.807) is 12.1 Å². The van der Waals surface area contributed by atoms with Crippen molar-refractivity contribution in [2.45, 2.75) is 24.7 Å². The minimum absolute atomic E-state index is 0.0941. The summed E-state index contributed by atoms with van der Waals surface area (Å²) in [5, 5.41) is 15.6. The maximum absolute atomic E-state index is 13.2. The molecule has 1 aliphatic heterocycles. The van der Waals surface area contributed by atoms with Gasteiger partial charge in [0.05, 0.1) is 16.6 Å². The molecule has 0 bridgehead atoms. The summed E-state index contributed by atoms with van der Waals surface area (Å²) in [4.78, 5) is 0.700. The number of alkyl halides is 3. The molecule has 21 heavy (non-hydrogen) atoms. The van der Waals surface area contributed by atoms with E-state index in [2.05, 4.69) is 10.4 Å². The van der Waals surface area contributed by atoms with Gasteiger partial charge in [-0.3, -0.25) is 0 Å². The predicted molar refractivity (Wildman–Crippen MR) is 72.3 cm³/mol. The highest BCUT2D eigenvalue weighted by molar-refractivity contribution is 7.16. The van der Waals surface area contributed by atoms with Gasteiger partial charge in [-0.2, -0.15) is 23.5 Å². The number of nitrogens with one attached hydrogen (secondary N) is 1. The molecule has 2 aromatic heterocycles. The summed E-state index contributed by atoms with van der Waals surface area (Å²) in [5.41, 5.74) is 0.0941. The van der Waals surface area contributed by atoms with Gasteiger partial charge in [0.15, 0.2) is 6.04 Å². The van der Waals surface area contributed by atoms with Gasteiger partial charge in [0.2, 0.25) is 0 Å². The van der Waals surface area contributed by atoms with Gasteiger partial charge < -0.3 is 5.32 Å². The van der Waals surface area contributed by atoms with Crippen LogP contribution in [0.5, 0.6) is 0 Å². The monoisotopic (exact) mass is 332 g/mol. The third kappa shape index (κ3) is 2.47. The lowest BCUT2D eigenvalue weighted by Gasteiger charge is -2.33. The Morgan fingerprint density at radius 1 is 1.48 bits per heavy atom. The van der Waals surface area contributed by atoms with Gasteiger partial charge >= 0.3 is 6.18 Å². The van der Waals surface area contributed by atoms with Crippen molar-refractivity contribution in [3.05, 3.63) is 33.1 Å². The molecule has 2 atom stereocenters. The normalized spacial score (nSPS) is 21.5. The Bertz CT molecular complexity index is 715. The topological polar surface area (TPSA) is 53.6 Å². The molecule has 0 saturated carbocycles. The zero-order valence-corrected chi connectivity index (χ0v) is 11.9.